The van der Waals surface area contributed by atoms with E-state index < -0.39 is 36.4 Å². The standard InChI is InChI=1S/C25H37NO2.C6H8O7/c1-17-15-18-16-20(27)6-7-21(18)22-9-11-25(2)19(5-8-23(25)24(17)22)10-13-28-14-12-26(3)4;7-3(8)1-6(13,5(11)12)2-4(9)10/h6-7,10,16-17,22-24,27H,5,8-9,11-15H2,1-4H3;13H,1-2H2,(H,7,8)(H,9,10)(H,11,12)/t17-,22-,23+,24-,25-;/m1./s1. The number of aliphatic carboxylic acids is 3. The van der Waals surface area contributed by atoms with Crippen LogP contribution in [-0.4, -0.2) is 87.8 Å². The van der Waals surface area contributed by atoms with Gasteiger partial charge in [-0.3, -0.25) is 9.59 Å². The number of allylic oxidation sites excluding steroid dienone is 1. The highest BCUT2D eigenvalue weighted by Gasteiger charge is 2.54. The lowest BCUT2D eigenvalue weighted by Gasteiger charge is -2.52. The fourth-order valence-corrected chi connectivity index (χ4v) is 7.35. The molecule has 1 aromatic rings. The Morgan fingerprint density at radius 1 is 1.12 bits per heavy atom. The lowest BCUT2D eigenvalue weighted by molar-refractivity contribution is -0.170. The van der Waals surface area contributed by atoms with Crippen molar-refractivity contribution in [2.45, 2.75) is 70.3 Å². The summed E-state index contributed by atoms with van der Waals surface area (Å²) in [6.45, 7) is 7.53. The van der Waals surface area contributed by atoms with Crippen LogP contribution in [0.3, 0.4) is 0 Å². The monoisotopic (exact) mass is 575 g/mol. The number of rotatable bonds is 10. The Hall–Kier alpha value is -2.95. The van der Waals surface area contributed by atoms with Crippen LogP contribution in [-0.2, 0) is 25.5 Å². The molecule has 0 aromatic heterocycles. The van der Waals surface area contributed by atoms with Crippen LogP contribution >= 0.6 is 0 Å². The zero-order chi connectivity index (χ0) is 30.5. The largest absolute Gasteiger partial charge is 0.508 e. The number of phenols is 1. The Bertz CT molecular complexity index is 1130. The summed E-state index contributed by atoms with van der Waals surface area (Å²) in [5.41, 5.74) is 2.18. The van der Waals surface area contributed by atoms with Gasteiger partial charge in [0.2, 0.25) is 0 Å². The number of ether oxygens (including phenoxy) is 1. The van der Waals surface area contributed by atoms with Gasteiger partial charge in [-0.1, -0.05) is 31.6 Å². The van der Waals surface area contributed by atoms with E-state index in [4.69, 9.17) is 25.2 Å². The van der Waals surface area contributed by atoms with Gasteiger partial charge < -0.3 is 35.2 Å². The lowest BCUT2D eigenvalue weighted by atomic mass is 9.52. The summed E-state index contributed by atoms with van der Waals surface area (Å²) in [4.78, 5) is 32.7. The van der Waals surface area contributed by atoms with Crippen molar-refractivity contribution in [2.24, 2.45) is 23.2 Å². The van der Waals surface area contributed by atoms with Crippen LogP contribution in [0.2, 0.25) is 0 Å². The summed E-state index contributed by atoms with van der Waals surface area (Å²) in [5.74, 6) is -1.67. The molecule has 10 nitrogen and oxygen atoms in total. The number of aliphatic hydroxyl groups is 1. The summed E-state index contributed by atoms with van der Waals surface area (Å²) in [6, 6.07) is 6.12. The molecule has 2 saturated carbocycles. The van der Waals surface area contributed by atoms with E-state index in [1.54, 1.807) is 5.57 Å². The summed E-state index contributed by atoms with van der Waals surface area (Å²) in [7, 11) is 4.18. The Kier molecular flexibility index (Phi) is 10.6. The topological polar surface area (TPSA) is 165 Å². The molecule has 0 heterocycles. The molecule has 10 heteroatoms. The van der Waals surface area contributed by atoms with Crippen molar-refractivity contribution < 1.29 is 44.7 Å². The maximum atomic E-state index is 10.3. The average molecular weight is 576 g/mol. The second-order valence-electron chi connectivity index (χ2n) is 12.4. The molecule has 0 radical (unpaired) electrons. The maximum absolute atomic E-state index is 10.3. The first-order valence-electron chi connectivity index (χ1n) is 14.3. The number of phenolic OH excluding ortho intramolecular Hbond substituents is 1. The van der Waals surface area contributed by atoms with E-state index in [2.05, 4.69) is 45.0 Å². The molecule has 228 valence electrons. The van der Waals surface area contributed by atoms with Crippen LogP contribution in [0.1, 0.15) is 69.4 Å². The van der Waals surface area contributed by atoms with E-state index >= 15 is 0 Å². The summed E-state index contributed by atoms with van der Waals surface area (Å²) < 4.78 is 5.87. The van der Waals surface area contributed by atoms with Gasteiger partial charge in [0.05, 0.1) is 26.1 Å². The quantitative estimate of drug-likeness (QED) is 0.205. The van der Waals surface area contributed by atoms with Gasteiger partial charge >= 0.3 is 17.9 Å². The zero-order valence-electron chi connectivity index (χ0n) is 24.5. The van der Waals surface area contributed by atoms with Crippen LogP contribution in [0.15, 0.2) is 29.8 Å². The zero-order valence-corrected chi connectivity index (χ0v) is 24.5. The number of hydrogen-bond donors (Lipinski definition) is 5. The number of likely N-dealkylation sites (N-methyl/N-ethyl adjacent to an activating group) is 1. The molecule has 0 amide bonds. The summed E-state index contributed by atoms with van der Waals surface area (Å²) in [6.07, 6.45) is 6.38. The SMILES string of the molecule is C[C@@H]1Cc2cc(O)ccc2[C@H]2CC[C@]3(C)C(=CCOCCN(C)C)CC[C@H]3[C@H]12.O=C(O)CC(O)(CC(=O)O)C(=O)O. The van der Waals surface area contributed by atoms with Crippen molar-refractivity contribution in [2.75, 3.05) is 33.9 Å². The van der Waals surface area contributed by atoms with Crippen LogP contribution < -0.4 is 0 Å². The van der Waals surface area contributed by atoms with Gasteiger partial charge in [-0.05, 0) is 98.5 Å². The Labute approximate surface area is 241 Å². The number of fused-ring (bicyclic) bond motifs is 5. The molecule has 0 unspecified atom stereocenters. The van der Waals surface area contributed by atoms with Gasteiger partial charge in [-0.15, -0.1) is 0 Å². The number of carboxylic acid groups (broad SMARTS) is 3. The molecular weight excluding hydrogens is 530 g/mol. The highest BCUT2D eigenvalue weighted by molar-refractivity contribution is 5.88. The molecule has 4 rings (SSSR count). The molecular formula is C31H45NO9. The van der Waals surface area contributed by atoms with Crippen molar-refractivity contribution in [1.82, 2.24) is 4.90 Å². The summed E-state index contributed by atoms with van der Waals surface area (Å²) >= 11 is 0. The first-order chi connectivity index (χ1) is 19.2. The number of nitrogens with zero attached hydrogens (tertiary/aromatic N) is 1. The molecule has 0 bridgehead atoms. The average Bonchev–Trinajstić information content (AvgIpc) is 3.18. The normalized spacial score (nSPS) is 27.8. The third-order valence-electron chi connectivity index (χ3n) is 9.32. The minimum Gasteiger partial charge on any atom is -0.508 e. The second-order valence-corrected chi connectivity index (χ2v) is 12.4. The predicted molar refractivity (Wildman–Crippen MR) is 152 cm³/mol. The van der Waals surface area contributed by atoms with Gasteiger partial charge in [0.15, 0.2) is 5.60 Å². The molecule has 3 aliphatic rings. The Morgan fingerprint density at radius 2 is 1.78 bits per heavy atom. The third kappa shape index (κ3) is 7.67. The number of carboxylic acids is 3. The van der Waals surface area contributed by atoms with Crippen LogP contribution in [0.25, 0.3) is 0 Å². The number of benzene rings is 1. The highest BCUT2D eigenvalue weighted by Crippen LogP contribution is 2.63. The number of aromatic hydroxyl groups is 1. The van der Waals surface area contributed by atoms with Crippen molar-refractivity contribution in [3.05, 3.63) is 41.0 Å². The summed E-state index contributed by atoms with van der Waals surface area (Å²) in [5, 5.41) is 43.7. The van der Waals surface area contributed by atoms with E-state index in [1.165, 1.54) is 36.8 Å². The van der Waals surface area contributed by atoms with Gasteiger partial charge in [0.1, 0.15) is 5.75 Å². The second kappa shape index (κ2) is 13.4. The maximum Gasteiger partial charge on any atom is 0.336 e. The molecule has 5 N–H and O–H groups in total. The van der Waals surface area contributed by atoms with Crippen molar-refractivity contribution in [1.29, 1.82) is 0 Å². The number of carbonyl (C=O) groups is 3. The van der Waals surface area contributed by atoms with Gasteiger partial charge in [-0.2, -0.15) is 0 Å². The first kappa shape index (κ1) is 32.6. The molecule has 0 spiro atoms. The fraction of sp³-hybridized carbons (Fsp3) is 0.645. The van der Waals surface area contributed by atoms with Gasteiger partial charge in [-0.25, -0.2) is 4.79 Å². The Morgan fingerprint density at radius 3 is 2.37 bits per heavy atom. The van der Waals surface area contributed by atoms with E-state index in [0.717, 1.165) is 38.0 Å². The highest BCUT2D eigenvalue weighted by atomic mass is 16.5. The number of hydrogen-bond acceptors (Lipinski definition) is 7. The lowest BCUT2D eigenvalue weighted by Crippen LogP contribution is -2.43. The molecule has 41 heavy (non-hydrogen) atoms. The molecule has 0 aliphatic heterocycles. The minimum atomic E-state index is -2.74. The molecule has 3 aliphatic carbocycles. The van der Waals surface area contributed by atoms with Crippen LogP contribution in [0.5, 0.6) is 5.75 Å². The van der Waals surface area contributed by atoms with Crippen LogP contribution in [0, 0.1) is 23.2 Å². The van der Waals surface area contributed by atoms with Gasteiger partial charge in [0.25, 0.3) is 0 Å². The smallest absolute Gasteiger partial charge is 0.336 e. The molecule has 1 aromatic carbocycles. The van der Waals surface area contributed by atoms with E-state index in [0.29, 0.717) is 23.0 Å². The van der Waals surface area contributed by atoms with Crippen LogP contribution in [0.4, 0.5) is 0 Å². The van der Waals surface area contributed by atoms with Crippen molar-refractivity contribution in [3.8, 4) is 5.75 Å². The van der Waals surface area contributed by atoms with E-state index in [1.807, 2.05) is 12.1 Å². The van der Waals surface area contributed by atoms with E-state index in [-0.39, 0.29) is 0 Å². The molecule has 5 atom stereocenters. The predicted octanol–water partition coefficient (Wildman–Crippen LogP) is 3.75. The minimum absolute atomic E-state index is 0.356. The third-order valence-corrected chi connectivity index (χ3v) is 9.32. The Balaban J connectivity index is 0.000000302. The first-order valence-corrected chi connectivity index (χ1v) is 14.3. The fourth-order valence-electron chi connectivity index (χ4n) is 7.35. The van der Waals surface area contributed by atoms with Gasteiger partial charge in [0, 0.05) is 6.54 Å². The molecule has 2 fully saturated rings. The van der Waals surface area contributed by atoms with Crippen molar-refractivity contribution >= 4 is 17.9 Å². The van der Waals surface area contributed by atoms with Crippen molar-refractivity contribution in [3.63, 3.8) is 0 Å². The van der Waals surface area contributed by atoms with E-state index in [9.17, 15) is 19.5 Å². The molecule has 0 saturated heterocycles.